The highest BCUT2D eigenvalue weighted by Gasteiger charge is 2.18. The highest BCUT2D eigenvalue weighted by molar-refractivity contribution is 7.10. The third-order valence-electron chi connectivity index (χ3n) is 3.86. The quantitative estimate of drug-likeness (QED) is 0.937. The molecule has 1 aromatic heterocycles. The van der Waals surface area contributed by atoms with Crippen LogP contribution >= 0.6 is 11.3 Å². The molecule has 0 saturated carbocycles. The van der Waals surface area contributed by atoms with Gasteiger partial charge >= 0.3 is 0 Å². The lowest BCUT2D eigenvalue weighted by Gasteiger charge is -2.20. The van der Waals surface area contributed by atoms with Crippen molar-refractivity contribution in [1.29, 1.82) is 0 Å². The molecule has 0 spiro atoms. The lowest BCUT2D eigenvalue weighted by Crippen LogP contribution is -2.28. The van der Waals surface area contributed by atoms with Crippen molar-refractivity contribution in [2.75, 3.05) is 20.2 Å². The van der Waals surface area contributed by atoms with Crippen LogP contribution in [-0.4, -0.2) is 25.2 Å². The van der Waals surface area contributed by atoms with Gasteiger partial charge < -0.3 is 10.1 Å². The summed E-state index contributed by atoms with van der Waals surface area (Å²) in [5.74, 6) is 1.52. The summed E-state index contributed by atoms with van der Waals surface area (Å²) in [6.07, 6.45) is 2.50. The van der Waals surface area contributed by atoms with Crippen molar-refractivity contribution in [3.8, 4) is 17.0 Å². The summed E-state index contributed by atoms with van der Waals surface area (Å²) in [5, 5.41) is 6.89. The Hall–Kier alpha value is -1.39. The van der Waals surface area contributed by atoms with E-state index in [1.54, 1.807) is 18.4 Å². The van der Waals surface area contributed by atoms with Crippen molar-refractivity contribution < 1.29 is 4.74 Å². The molecule has 3 rings (SSSR count). The number of aryl methyl sites for hydroxylation is 1. The van der Waals surface area contributed by atoms with E-state index in [-0.39, 0.29) is 0 Å². The Morgan fingerprint density at radius 2 is 2.30 bits per heavy atom. The number of ether oxygens (including phenoxy) is 1. The predicted octanol–water partition coefficient (Wildman–Crippen LogP) is 3.59. The van der Waals surface area contributed by atoms with E-state index >= 15 is 0 Å². The zero-order valence-electron chi connectivity index (χ0n) is 12.0. The number of rotatable bonds is 3. The van der Waals surface area contributed by atoms with Crippen LogP contribution < -0.4 is 10.1 Å². The summed E-state index contributed by atoms with van der Waals surface area (Å²) in [7, 11) is 1.71. The molecule has 20 heavy (non-hydrogen) atoms. The smallest absolute Gasteiger partial charge is 0.121 e. The lowest BCUT2D eigenvalue weighted by atomic mass is 10.0. The summed E-state index contributed by atoms with van der Waals surface area (Å²) < 4.78 is 5.31. The van der Waals surface area contributed by atoms with E-state index in [1.165, 1.54) is 23.4 Å². The zero-order valence-corrected chi connectivity index (χ0v) is 12.8. The molecule has 1 aliphatic rings. The summed E-state index contributed by atoms with van der Waals surface area (Å²) in [4.78, 5) is 4.84. The number of nitrogens with zero attached hydrogens (tertiary/aromatic N) is 1. The van der Waals surface area contributed by atoms with Gasteiger partial charge in [-0.1, -0.05) is 0 Å². The summed E-state index contributed by atoms with van der Waals surface area (Å²) in [5.41, 5.74) is 3.41. The standard InChI is InChI=1S/C16H20N2OS/c1-11-8-12(5-6-15(11)19-2)14-10-20-16(18-14)13-4-3-7-17-9-13/h5-6,8,10,13,17H,3-4,7,9H2,1-2H3. The van der Waals surface area contributed by atoms with Crippen molar-refractivity contribution >= 4 is 11.3 Å². The molecule has 1 N–H and O–H groups in total. The molecule has 1 fully saturated rings. The number of aromatic nitrogens is 1. The Bertz CT molecular complexity index is 588. The first-order chi connectivity index (χ1) is 9.78. The Morgan fingerprint density at radius 1 is 1.40 bits per heavy atom. The van der Waals surface area contributed by atoms with Crippen LogP contribution in [0.5, 0.6) is 5.75 Å². The molecule has 4 heteroatoms. The molecule has 2 aromatic rings. The molecular weight excluding hydrogens is 268 g/mol. The molecule has 0 radical (unpaired) electrons. The molecule has 106 valence electrons. The van der Waals surface area contributed by atoms with Crippen LogP contribution in [0, 0.1) is 6.92 Å². The molecule has 1 unspecified atom stereocenters. The van der Waals surface area contributed by atoms with Crippen molar-refractivity contribution in [3.63, 3.8) is 0 Å². The number of hydrogen-bond acceptors (Lipinski definition) is 4. The van der Waals surface area contributed by atoms with Gasteiger partial charge in [-0.05, 0) is 50.1 Å². The van der Waals surface area contributed by atoms with Gasteiger partial charge in [-0.2, -0.15) is 0 Å². The summed E-state index contributed by atoms with van der Waals surface area (Å²) in [6.45, 7) is 4.28. The van der Waals surface area contributed by atoms with Gasteiger partial charge in [0.15, 0.2) is 0 Å². The molecule has 0 aliphatic carbocycles. The van der Waals surface area contributed by atoms with Crippen molar-refractivity contribution in [3.05, 3.63) is 34.2 Å². The monoisotopic (exact) mass is 288 g/mol. The van der Waals surface area contributed by atoms with Gasteiger partial charge in [-0.25, -0.2) is 4.98 Å². The van der Waals surface area contributed by atoms with Crippen LogP contribution in [0.25, 0.3) is 11.3 Å². The topological polar surface area (TPSA) is 34.1 Å². The SMILES string of the molecule is COc1ccc(-c2csc(C3CCCNC3)n2)cc1C. The molecule has 2 heterocycles. The number of benzene rings is 1. The van der Waals surface area contributed by atoms with E-state index in [1.807, 2.05) is 6.07 Å². The van der Waals surface area contributed by atoms with E-state index < -0.39 is 0 Å². The van der Waals surface area contributed by atoms with Crippen LogP contribution in [0.15, 0.2) is 23.6 Å². The van der Waals surface area contributed by atoms with Crippen LogP contribution in [0.1, 0.15) is 29.3 Å². The van der Waals surface area contributed by atoms with E-state index in [2.05, 4.69) is 29.8 Å². The molecule has 1 aromatic carbocycles. The minimum absolute atomic E-state index is 0.585. The first-order valence-electron chi connectivity index (χ1n) is 7.09. The number of nitrogens with one attached hydrogen (secondary N) is 1. The van der Waals surface area contributed by atoms with Gasteiger partial charge in [0.2, 0.25) is 0 Å². The predicted molar refractivity (Wildman–Crippen MR) is 83.7 cm³/mol. The normalized spacial score (nSPS) is 19.0. The highest BCUT2D eigenvalue weighted by atomic mass is 32.1. The van der Waals surface area contributed by atoms with Crippen molar-refractivity contribution in [1.82, 2.24) is 10.3 Å². The van der Waals surface area contributed by atoms with Crippen molar-refractivity contribution in [2.45, 2.75) is 25.7 Å². The van der Waals surface area contributed by atoms with Gasteiger partial charge in [0.1, 0.15) is 5.75 Å². The lowest BCUT2D eigenvalue weighted by molar-refractivity contribution is 0.412. The van der Waals surface area contributed by atoms with Crippen LogP contribution in [0.2, 0.25) is 0 Å². The van der Waals surface area contributed by atoms with Gasteiger partial charge in [-0.3, -0.25) is 0 Å². The van der Waals surface area contributed by atoms with E-state index in [9.17, 15) is 0 Å². The third-order valence-corrected chi connectivity index (χ3v) is 4.87. The minimum atomic E-state index is 0.585. The molecule has 0 bridgehead atoms. The summed E-state index contributed by atoms with van der Waals surface area (Å²) >= 11 is 1.78. The highest BCUT2D eigenvalue weighted by Crippen LogP contribution is 2.31. The average Bonchev–Trinajstić information content (AvgIpc) is 2.98. The molecule has 1 aliphatic heterocycles. The van der Waals surface area contributed by atoms with Crippen LogP contribution in [-0.2, 0) is 0 Å². The maximum atomic E-state index is 5.31. The summed E-state index contributed by atoms with van der Waals surface area (Å²) in [6, 6.07) is 6.26. The van der Waals surface area contributed by atoms with Gasteiger partial charge in [0.05, 0.1) is 17.8 Å². The third kappa shape index (κ3) is 2.72. The fourth-order valence-corrected chi connectivity index (χ4v) is 3.67. The molecular formula is C16H20N2OS. The second-order valence-electron chi connectivity index (χ2n) is 5.30. The fraction of sp³-hybridized carbons (Fsp3) is 0.438. The maximum absolute atomic E-state index is 5.31. The number of piperidine rings is 1. The number of thiazole rings is 1. The first-order valence-corrected chi connectivity index (χ1v) is 7.97. The second kappa shape index (κ2) is 5.94. The Kier molecular flexibility index (Phi) is 4.03. The van der Waals surface area contributed by atoms with Gasteiger partial charge in [0, 0.05) is 23.4 Å². The second-order valence-corrected chi connectivity index (χ2v) is 6.19. The first kappa shape index (κ1) is 13.6. The van der Waals surface area contributed by atoms with E-state index in [4.69, 9.17) is 9.72 Å². The molecule has 1 saturated heterocycles. The minimum Gasteiger partial charge on any atom is -0.496 e. The Morgan fingerprint density at radius 3 is 3.00 bits per heavy atom. The largest absolute Gasteiger partial charge is 0.496 e. The number of methoxy groups -OCH3 is 1. The Balaban J connectivity index is 1.84. The van der Waals surface area contributed by atoms with Crippen LogP contribution in [0.3, 0.4) is 0 Å². The van der Waals surface area contributed by atoms with Crippen LogP contribution in [0.4, 0.5) is 0 Å². The molecule has 1 atom stereocenters. The van der Waals surface area contributed by atoms with Gasteiger partial charge in [0.25, 0.3) is 0 Å². The molecule has 3 nitrogen and oxygen atoms in total. The van der Waals surface area contributed by atoms with E-state index in [0.29, 0.717) is 5.92 Å². The fourth-order valence-electron chi connectivity index (χ4n) is 2.71. The van der Waals surface area contributed by atoms with E-state index in [0.717, 1.165) is 30.1 Å². The Labute approximate surface area is 124 Å². The number of hydrogen-bond donors (Lipinski definition) is 1. The molecule has 0 amide bonds. The van der Waals surface area contributed by atoms with Gasteiger partial charge in [-0.15, -0.1) is 11.3 Å². The average molecular weight is 288 g/mol. The van der Waals surface area contributed by atoms with Crippen molar-refractivity contribution in [2.24, 2.45) is 0 Å². The maximum Gasteiger partial charge on any atom is 0.121 e. The zero-order chi connectivity index (χ0) is 13.9.